The van der Waals surface area contributed by atoms with Crippen LogP contribution in [0.1, 0.15) is 44.9 Å². The molecule has 0 saturated carbocycles. The lowest BCUT2D eigenvalue weighted by atomic mass is 9.94. The minimum Gasteiger partial charge on any atom is -0.493 e. The maximum atomic E-state index is 12.7. The van der Waals surface area contributed by atoms with Crippen LogP contribution in [-0.4, -0.2) is 34.0 Å². The first-order chi connectivity index (χ1) is 9.79. The van der Waals surface area contributed by atoms with Gasteiger partial charge in [0.15, 0.2) is 11.5 Å². The molecule has 0 fully saturated rings. The summed E-state index contributed by atoms with van der Waals surface area (Å²) < 4.78 is 25.3. The maximum Gasteiger partial charge on any atom is 0.161 e. The van der Waals surface area contributed by atoms with Crippen molar-refractivity contribution in [1.29, 1.82) is 0 Å². The van der Waals surface area contributed by atoms with E-state index in [1.54, 1.807) is 14.2 Å². The molecule has 0 aromatic heterocycles. The van der Waals surface area contributed by atoms with Gasteiger partial charge in [-0.15, -0.1) is 0 Å². The third-order valence-electron chi connectivity index (χ3n) is 3.87. The molecule has 118 valence electrons. The number of benzene rings is 1. The summed E-state index contributed by atoms with van der Waals surface area (Å²) in [6.07, 6.45) is 0.877. The van der Waals surface area contributed by atoms with Crippen molar-refractivity contribution in [2.45, 2.75) is 44.9 Å². The molecule has 1 aliphatic rings. The Kier molecular flexibility index (Phi) is 4.63. The quantitative estimate of drug-likeness (QED) is 0.861. The Morgan fingerprint density at radius 3 is 2.29 bits per heavy atom. The van der Waals surface area contributed by atoms with Gasteiger partial charge >= 0.3 is 0 Å². The highest BCUT2D eigenvalue weighted by molar-refractivity contribution is 7.84. The van der Waals surface area contributed by atoms with Gasteiger partial charge in [-0.1, -0.05) is 0 Å². The zero-order chi connectivity index (χ0) is 15.8. The molecule has 1 aliphatic heterocycles. The van der Waals surface area contributed by atoms with Crippen molar-refractivity contribution in [2.75, 3.05) is 20.8 Å². The Bertz CT molecular complexity index is 551. The third-order valence-corrected chi connectivity index (χ3v) is 5.84. The fraction of sp³-hybridized carbons (Fsp3) is 0.625. The maximum absolute atomic E-state index is 12.7. The number of hydrogen-bond donors (Lipinski definition) is 0. The van der Waals surface area contributed by atoms with Crippen LogP contribution < -0.4 is 9.47 Å². The van der Waals surface area contributed by atoms with Crippen molar-refractivity contribution in [3.05, 3.63) is 23.3 Å². The average molecular weight is 311 g/mol. The second-order valence-electron chi connectivity index (χ2n) is 6.33. The Morgan fingerprint density at radius 2 is 1.76 bits per heavy atom. The zero-order valence-corrected chi connectivity index (χ0v) is 14.5. The third kappa shape index (κ3) is 3.09. The number of rotatable bonds is 3. The van der Waals surface area contributed by atoms with E-state index in [-0.39, 0.29) is 10.8 Å². The van der Waals surface area contributed by atoms with Gasteiger partial charge in [0.1, 0.15) is 11.0 Å². The lowest BCUT2D eigenvalue weighted by Crippen LogP contribution is -2.42. The van der Waals surface area contributed by atoms with Gasteiger partial charge < -0.3 is 9.47 Å². The Hall–Kier alpha value is -1.07. The van der Waals surface area contributed by atoms with Gasteiger partial charge in [0.05, 0.1) is 19.0 Å². The summed E-state index contributed by atoms with van der Waals surface area (Å²) in [5.74, 6) is 1.49. The Balaban J connectivity index is 2.39. The highest BCUT2D eigenvalue weighted by Crippen LogP contribution is 2.39. The smallest absolute Gasteiger partial charge is 0.161 e. The summed E-state index contributed by atoms with van der Waals surface area (Å²) in [6, 6.07) is 4.17. The summed E-state index contributed by atoms with van der Waals surface area (Å²) in [5, 5.41) is 0. The molecule has 21 heavy (non-hydrogen) atoms. The Morgan fingerprint density at radius 1 is 1.19 bits per heavy atom. The molecule has 0 saturated heterocycles. The summed E-state index contributed by atoms with van der Waals surface area (Å²) in [6.45, 7) is 8.95. The number of fused-ring (bicyclic) bond motifs is 1. The van der Waals surface area contributed by atoms with Crippen LogP contribution in [0.15, 0.2) is 12.1 Å². The predicted molar refractivity (Wildman–Crippen MR) is 86.3 cm³/mol. The molecular weight excluding hydrogens is 286 g/mol. The van der Waals surface area contributed by atoms with E-state index in [9.17, 15) is 4.21 Å². The highest BCUT2D eigenvalue weighted by atomic mass is 32.2. The van der Waals surface area contributed by atoms with E-state index >= 15 is 0 Å². The van der Waals surface area contributed by atoms with E-state index in [1.807, 2.05) is 32.9 Å². The number of nitrogens with zero attached hydrogens (tertiary/aromatic N) is 1. The fourth-order valence-electron chi connectivity index (χ4n) is 2.70. The van der Waals surface area contributed by atoms with Crippen molar-refractivity contribution in [2.24, 2.45) is 0 Å². The Labute approximate surface area is 130 Å². The largest absolute Gasteiger partial charge is 0.493 e. The van der Waals surface area contributed by atoms with Crippen LogP contribution in [0.2, 0.25) is 0 Å². The van der Waals surface area contributed by atoms with Crippen molar-refractivity contribution < 1.29 is 13.7 Å². The van der Waals surface area contributed by atoms with Crippen LogP contribution in [0, 0.1) is 0 Å². The lowest BCUT2D eigenvalue weighted by molar-refractivity contribution is 0.328. The van der Waals surface area contributed by atoms with E-state index in [1.165, 1.54) is 11.1 Å². The van der Waals surface area contributed by atoms with Crippen molar-refractivity contribution in [3.8, 4) is 11.5 Å². The average Bonchev–Trinajstić information content (AvgIpc) is 2.44. The molecule has 1 aromatic carbocycles. The second kappa shape index (κ2) is 5.97. The fourth-order valence-corrected chi connectivity index (χ4v) is 4.06. The molecule has 0 N–H and O–H groups in total. The van der Waals surface area contributed by atoms with Gasteiger partial charge in [0.2, 0.25) is 0 Å². The van der Waals surface area contributed by atoms with E-state index < -0.39 is 11.0 Å². The molecule has 2 atom stereocenters. The topological polar surface area (TPSA) is 38.8 Å². The number of methoxy groups -OCH3 is 2. The highest BCUT2D eigenvalue weighted by Gasteiger charge is 2.34. The van der Waals surface area contributed by atoms with E-state index in [0.29, 0.717) is 0 Å². The molecule has 0 radical (unpaired) electrons. The molecule has 1 heterocycles. The van der Waals surface area contributed by atoms with Crippen LogP contribution in [0.3, 0.4) is 0 Å². The standard InChI is InChI=1S/C16H25NO3S/c1-11-13-10-15(20-6)14(19-5)9-12(13)7-8-17(11)21(18)16(2,3)4/h9-11H,7-8H2,1-6H3/t11-,21?/m0/s1. The molecule has 2 rings (SSSR count). The second-order valence-corrected chi connectivity index (χ2v) is 8.53. The SMILES string of the molecule is COc1cc2c(cc1OC)[C@H](C)N(S(=O)C(C)(C)C)CC2. The molecule has 0 aliphatic carbocycles. The van der Waals surface area contributed by atoms with Gasteiger partial charge in [-0.2, -0.15) is 0 Å². The normalized spacial score (nSPS) is 20.8. The summed E-state index contributed by atoms with van der Waals surface area (Å²) in [4.78, 5) is 0. The molecule has 0 spiro atoms. The first-order valence-corrected chi connectivity index (χ1v) is 8.33. The molecule has 0 amide bonds. The van der Waals surface area contributed by atoms with Crippen molar-refractivity contribution in [1.82, 2.24) is 4.31 Å². The van der Waals surface area contributed by atoms with Gasteiger partial charge in [0, 0.05) is 12.6 Å². The van der Waals surface area contributed by atoms with Crippen LogP contribution >= 0.6 is 0 Å². The van der Waals surface area contributed by atoms with Crippen molar-refractivity contribution in [3.63, 3.8) is 0 Å². The van der Waals surface area contributed by atoms with E-state index in [2.05, 4.69) is 11.2 Å². The predicted octanol–water partition coefficient (Wildman–Crippen LogP) is 3.09. The van der Waals surface area contributed by atoms with Gasteiger partial charge in [-0.3, -0.25) is 0 Å². The molecule has 5 heteroatoms. The van der Waals surface area contributed by atoms with Crippen molar-refractivity contribution >= 4 is 11.0 Å². The summed E-state index contributed by atoms with van der Waals surface area (Å²) >= 11 is 0. The number of ether oxygens (including phenoxy) is 2. The molecular formula is C16H25NO3S. The van der Waals surface area contributed by atoms with Crippen LogP contribution in [0.25, 0.3) is 0 Å². The zero-order valence-electron chi connectivity index (χ0n) is 13.7. The number of hydrogen-bond acceptors (Lipinski definition) is 3. The van der Waals surface area contributed by atoms with Gasteiger partial charge in [-0.05, 0) is 57.4 Å². The molecule has 0 bridgehead atoms. The molecule has 1 unspecified atom stereocenters. The van der Waals surface area contributed by atoms with Crippen LogP contribution in [0.4, 0.5) is 0 Å². The first-order valence-electron chi connectivity index (χ1n) is 7.23. The van der Waals surface area contributed by atoms with Crippen LogP contribution in [-0.2, 0) is 17.4 Å². The van der Waals surface area contributed by atoms with E-state index in [0.717, 1.165) is 24.5 Å². The summed E-state index contributed by atoms with van der Waals surface area (Å²) in [5.41, 5.74) is 2.43. The lowest BCUT2D eigenvalue weighted by Gasteiger charge is -2.38. The molecule has 1 aromatic rings. The van der Waals surface area contributed by atoms with Crippen LogP contribution in [0.5, 0.6) is 11.5 Å². The monoisotopic (exact) mass is 311 g/mol. The van der Waals surface area contributed by atoms with Gasteiger partial charge in [-0.25, -0.2) is 8.51 Å². The molecule has 4 nitrogen and oxygen atoms in total. The van der Waals surface area contributed by atoms with E-state index in [4.69, 9.17) is 9.47 Å². The first kappa shape index (κ1) is 16.3. The summed E-state index contributed by atoms with van der Waals surface area (Å²) in [7, 11) is 2.28. The minimum atomic E-state index is -1.02. The minimum absolute atomic E-state index is 0.105. The van der Waals surface area contributed by atoms with Gasteiger partial charge in [0.25, 0.3) is 0 Å².